The van der Waals surface area contributed by atoms with Crippen molar-refractivity contribution in [3.63, 3.8) is 0 Å². The fourth-order valence-corrected chi connectivity index (χ4v) is 7.60. The average Bonchev–Trinajstić information content (AvgIpc) is 2.70. The van der Waals surface area contributed by atoms with Crippen LogP contribution in [0.1, 0.15) is 72.6 Å². The maximum atomic E-state index is 14.7. The van der Waals surface area contributed by atoms with Crippen molar-refractivity contribution < 1.29 is 13.6 Å². The van der Waals surface area contributed by atoms with E-state index in [1.165, 1.54) is 6.42 Å². The largest absolute Gasteiger partial charge is 0.305 e. The van der Waals surface area contributed by atoms with Gasteiger partial charge in [-0.25, -0.2) is 0 Å². The molecular formula is C19H29F2IO. The number of fused-ring (bicyclic) bond motifs is 3. The van der Waals surface area contributed by atoms with Crippen molar-refractivity contribution in [1.82, 2.24) is 0 Å². The van der Waals surface area contributed by atoms with E-state index in [1.54, 1.807) is 6.92 Å². The number of rotatable bonds is 4. The molecule has 3 rings (SSSR count). The van der Waals surface area contributed by atoms with E-state index in [0.717, 1.165) is 25.7 Å². The zero-order chi connectivity index (χ0) is 17.3. The Labute approximate surface area is 152 Å². The molecule has 0 radical (unpaired) electrons. The van der Waals surface area contributed by atoms with Gasteiger partial charge in [-0.05, 0) is 60.2 Å². The topological polar surface area (TPSA) is 17.1 Å². The molecule has 0 aromatic carbocycles. The molecule has 0 N–H and O–H groups in total. The Morgan fingerprint density at radius 2 is 1.83 bits per heavy atom. The minimum absolute atomic E-state index is 0.0390. The summed E-state index contributed by atoms with van der Waals surface area (Å²) in [6.45, 7) is 8.37. The van der Waals surface area contributed by atoms with E-state index in [2.05, 4.69) is 43.4 Å². The summed E-state index contributed by atoms with van der Waals surface area (Å²) in [4.78, 5) is 11.9. The van der Waals surface area contributed by atoms with Crippen LogP contribution in [0.3, 0.4) is 0 Å². The van der Waals surface area contributed by atoms with Gasteiger partial charge in [-0.2, -0.15) is 8.78 Å². The van der Waals surface area contributed by atoms with Crippen molar-refractivity contribution in [3.8, 4) is 0 Å². The van der Waals surface area contributed by atoms with Gasteiger partial charge in [-0.1, -0.05) is 50.3 Å². The van der Waals surface area contributed by atoms with Gasteiger partial charge in [-0.3, -0.25) is 4.79 Å². The summed E-state index contributed by atoms with van der Waals surface area (Å²) < 4.78 is 29.9. The summed E-state index contributed by atoms with van der Waals surface area (Å²) in [5, 5.41) is 0. The lowest BCUT2D eigenvalue weighted by atomic mass is 9.38. The third-order valence-corrected chi connectivity index (χ3v) is 9.86. The lowest BCUT2D eigenvalue weighted by molar-refractivity contribution is -0.204. The average molecular weight is 438 g/mol. The van der Waals surface area contributed by atoms with Crippen molar-refractivity contribution in [1.29, 1.82) is 0 Å². The fraction of sp³-hybridized carbons (Fsp3) is 0.947. The summed E-state index contributed by atoms with van der Waals surface area (Å²) in [6.07, 6.45) is 4.89. The molecule has 0 bridgehead atoms. The Morgan fingerprint density at radius 1 is 1.17 bits per heavy atom. The van der Waals surface area contributed by atoms with Gasteiger partial charge < -0.3 is 0 Å². The van der Waals surface area contributed by atoms with Gasteiger partial charge >= 0.3 is 5.92 Å². The second kappa shape index (κ2) is 5.38. The van der Waals surface area contributed by atoms with Crippen LogP contribution in [0.5, 0.6) is 0 Å². The maximum Gasteiger partial charge on any atom is 0.305 e. The molecule has 0 heterocycles. The molecule has 4 heteroatoms. The Balaban J connectivity index is 1.99. The van der Waals surface area contributed by atoms with E-state index in [-0.39, 0.29) is 29.1 Å². The minimum atomic E-state index is -3.15. The Hall–Kier alpha value is 0.260. The van der Waals surface area contributed by atoms with Gasteiger partial charge in [-0.15, -0.1) is 0 Å². The van der Waals surface area contributed by atoms with Crippen LogP contribution in [0.25, 0.3) is 0 Å². The second-order valence-corrected chi connectivity index (χ2v) is 10.7. The number of alkyl halides is 3. The SMILES string of the molecule is CCC(=O)C(F)(F)CC12CCC(I)C1(C)CC[C@@H]1[C@@H]2CC1(C)C. The highest BCUT2D eigenvalue weighted by Gasteiger charge is 2.70. The monoisotopic (exact) mass is 438 g/mol. The third kappa shape index (κ3) is 2.36. The number of ketones is 1. The quantitative estimate of drug-likeness (QED) is 0.387. The van der Waals surface area contributed by atoms with E-state index in [4.69, 9.17) is 0 Å². The number of carbonyl (C=O) groups excluding carboxylic acids is 1. The summed E-state index contributed by atoms with van der Waals surface area (Å²) in [6, 6.07) is 0. The van der Waals surface area contributed by atoms with Crippen molar-refractivity contribution >= 4 is 28.4 Å². The summed E-state index contributed by atoms with van der Waals surface area (Å²) in [7, 11) is 0. The van der Waals surface area contributed by atoms with Crippen LogP contribution in [0, 0.1) is 28.1 Å². The van der Waals surface area contributed by atoms with E-state index in [1.807, 2.05) is 0 Å². The highest BCUT2D eigenvalue weighted by molar-refractivity contribution is 14.1. The molecule has 1 nitrogen and oxygen atoms in total. The molecule has 5 atom stereocenters. The zero-order valence-corrected chi connectivity index (χ0v) is 16.9. The van der Waals surface area contributed by atoms with Crippen LogP contribution >= 0.6 is 22.6 Å². The normalized spacial score (nSPS) is 45.1. The molecule has 3 unspecified atom stereocenters. The molecule has 3 aliphatic rings. The second-order valence-electron chi connectivity index (χ2n) is 9.18. The molecule has 3 fully saturated rings. The number of hydrogen-bond donors (Lipinski definition) is 0. The van der Waals surface area contributed by atoms with Crippen molar-refractivity contribution in [3.05, 3.63) is 0 Å². The summed E-state index contributed by atoms with van der Waals surface area (Å²) in [5.74, 6) is -3.08. The molecule has 0 aromatic heterocycles. The molecule has 3 aliphatic carbocycles. The first kappa shape index (κ1) is 18.1. The van der Waals surface area contributed by atoms with Gasteiger partial charge in [0.1, 0.15) is 0 Å². The maximum absolute atomic E-state index is 14.7. The highest BCUT2D eigenvalue weighted by atomic mass is 127. The summed E-state index contributed by atoms with van der Waals surface area (Å²) in [5.41, 5.74) is -0.0965. The van der Waals surface area contributed by atoms with E-state index in [0.29, 0.717) is 15.8 Å². The molecule has 0 aliphatic heterocycles. The third-order valence-electron chi connectivity index (χ3n) is 7.86. The first-order chi connectivity index (χ1) is 10.5. The van der Waals surface area contributed by atoms with Crippen molar-refractivity contribution in [2.24, 2.45) is 28.1 Å². The highest BCUT2D eigenvalue weighted by Crippen LogP contribution is 2.76. The van der Waals surface area contributed by atoms with Crippen LogP contribution in [0.15, 0.2) is 0 Å². The number of halogens is 3. The van der Waals surface area contributed by atoms with E-state index < -0.39 is 11.7 Å². The van der Waals surface area contributed by atoms with Gasteiger partial charge in [0.2, 0.25) is 5.78 Å². The lowest BCUT2D eigenvalue weighted by Gasteiger charge is -2.67. The van der Waals surface area contributed by atoms with Gasteiger partial charge in [0.15, 0.2) is 0 Å². The molecule has 0 aromatic rings. The van der Waals surface area contributed by atoms with E-state index in [9.17, 15) is 13.6 Å². The number of carbonyl (C=O) groups is 1. The standard InChI is InChI=1S/C19H29F2IO/c1-5-15(23)19(20,21)11-18-9-7-14(22)17(18,4)8-6-12-13(18)10-16(12,2)3/h12-14H,5-11H2,1-4H3/t12-,13+,14?,17?,18?/m1/s1. The molecular weight excluding hydrogens is 409 g/mol. The predicted octanol–water partition coefficient (Wildman–Crippen LogP) is 6.04. The van der Waals surface area contributed by atoms with Crippen LogP contribution in [0.4, 0.5) is 8.78 Å². The molecule has 23 heavy (non-hydrogen) atoms. The van der Waals surface area contributed by atoms with Gasteiger partial charge in [0, 0.05) is 16.8 Å². The van der Waals surface area contributed by atoms with Crippen LogP contribution < -0.4 is 0 Å². The number of Topliss-reactive ketones (excluding diaryl/α,β-unsaturated/α-hetero) is 1. The van der Waals surface area contributed by atoms with Gasteiger partial charge in [0.05, 0.1) is 0 Å². The molecule has 3 saturated carbocycles. The Bertz CT molecular complexity index is 517. The van der Waals surface area contributed by atoms with E-state index >= 15 is 0 Å². The Kier molecular flexibility index (Phi) is 4.22. The first-order valence-electron chi connectivity index (χ1n) is 9.05. The Morgan fingerprint density at radius 3 is 2.39 bits per heavy atom. The molecule has 0 saturated heterocycles. The predicted molar refractivity (Wildman–Crippen MR) is 97.1 cm³/mol. The van der Waals surface area contributed by atoms with Crippen molar-refractivity contribution in [2.75, 3.05) is 0 Å². The smallest absolute Gasteiger partial charge is 0.293 e. The van der Waals surface area contributed by atoms with Crippen molar-refractivity contribution in [2.45, 2.75) is 82.5 Å². The zero-order valence-electron chi connectivity index (χ0n) is 14.7. The minimum Gasteiger partial charge on any atom is -0.293 e. The van der Waals surface area contributed by atoms with Crippen LogP contribution in [-0.2, 0) is 4.79 Å². The summed E-state index contributed by atoms with van der Waals surface area (Å²) >= 11 is 2.49. The fourth-order valence-electron chi connectivity index (χ4n) is 6.36. The molecule has 0 spiro atoms. The van der Waals surface area contributed by atoms with Crippen LogP contribution in [0.2, 0.25) is 0 Å². The van der Waals surface area contributed by atoms with Crippen LogP contribution in [-0.4, -0.2) is 15.6 Å². The lowest BCUT2D eigenvalue weighted by Crippen LogP contribution is -2.62. The molecule has 0 amide bonds. The first-order valence-corrected chi connectivity index (χ1v) is 10.3. The number of hydrogen-bond acceptors (Lipinski definition) is 1. The van der Waals surface area contributed by atoms with Gasteiger partial charge in [0.25, 0.3) is 0 Å². The molecule has 132 valence electrons.